The second kappa shape index (κ2) is 11.4. The molecule has 8 heteroatoms. The summed E-state index contributed by atoms with van der Waals surface area (Å²) in [5.41, 5.74) is 6.50. The Labute approximate surface area is 178 Å². The molecule has 0 unspecified atom stereocenters. The molecule has 7 nitrogen and oxygen atoms in total. The lowest BCUT2D eigenvalue weighted by molar-refractivity contribution is -0.137. The van der Waals surface area contributed by atoms with Crippen molar-refractivity contribution in [1.82, 2.24) is 4.90 Å². The predicted molar refractivity (Wildman–Crippen MR) is 114 cm³/mol. The Bertz CT molecular complexity index is 674. The second-order valence-electron chi connectivity index (χ2n) is 7.77. The number of morpholine rings is 1. The zero-order chi connectivity index (χ0) is 19.8. The van der Waals surface area contributed by atoms with Crippen molar-refractivity contribution in [3.05, 3.63) is 24.3 Å². The third kappa shape index (κ3) is 6.59. The number of para-hydroxylation sites is 2. The Kier molecular flexibility index (Phi) is 9.20. The first-order chi connectivity index (χ1) is 13.6. The minimum absolute atomic E-state index is 0. The van der Waals surface area contributed by atoms with E-state index >= 15 is 0 Å². The standard InChI is InChI=1S/C21H31N3O4.ClH/c22-16-21(8-4-1-5-9-21)14-19(25)23-17-6-2-3-7-18(17)28-15-20(26)24-10-12-27-13-11-24;/h2-3,6-7H,1,4-5,8-16,22H2,(H,23,25);1H. The summed E-state index contributed by atoms with van der Waals surface area (Å²) < 4.78 is 11.0. The maximum Gasteiger partial charge on any atom is 0.260 e. The summed E-state index contributed by atoms with van der Waals surface area (Å²) in [4.78, 5) is 26.7. The van der Waals surface area contributed by atoms with Crippen LogP contribution in [0.5, 0.6) is 5.75 Å². The van der Waals surface area contributed by atoms with Crippen LogP contribution < -0.4 is 15.8 Å². The predicted octanol–water partition coefficient (Wildman–Crippen LogP) is 2.58. The number of carbonyl (C=O) groups is 2. The Morgan fingerprint density at radius 1 is 1.14 bits per heavy atom. The molecule has 2 fully saturated rings. The lowest BCUT2D eigenvalue weighted by atomic mass is 9.71. The highest BCUT2D eigenvalue weighted by Gasteiger charge is 2.33. The van der Waals surface area contributed by atoms with Crippen LogP contribution in [-0.4, -0.2) is 56.2 Å². The molecule has 1 saturated carbocycles. The van der Waals surface area contributed by atoms with Crippen molar-refractivity contribution in [1.29, 1.82) is 0 Å². The molecule has 162 valence electrons. The van der Waals surface area contributed by atoms with Crippen LogP contribution in [0.25, 0.3) is 0 Å². The number of carbonyl (C=O) groups excluding carboxylic acids is 2. The average molecular weight is 426 g/mol. The number of benzene rings is 1. The van der Waals surface area contributed by atoms with Crippen LogP contribution in [0.3, 0.4) is 0 Å². The van der Waals surface area contributed by atoms with Crippen molar-refractivity contribution in [2.24, 2.45) is 11.1 Å². The van der Waals surface area contributed by atoms with E-state index in [4.69, 9.17) is 15.2 Å². The molecule has 0 aromatic heterocycles. The summed E-state index contributed by atoms with van der Waals surface area (Å²) in [5.74, 6) is 0.375. The summed E-state index contributed by atoms with van der Waals surface area (Å²) in [7, 11) is 0. The van der Waals surface area contributed by atoms with Gasteiger partial charge < -0.3 is 25.4 Å². The molecule has 3 rings (SSSR count). The highest BCUT2D eigenvalue weighted by molar-refractivity contribution is 5.92. The lowest BCUT2D eigenvalue weighted by Crippen LogP contribution is -2.43. The normalized spacial score (nSPS) is 18.4. The molecular formula is C21H32ClN3O4. The third-order valence-electron chi connectivity index (χ3n) is 5.76. The number of amides is 2. The van der Waals surface area contributed by atoms with Crippen molar-refractivity contribution >= 4 is 29.9 Å². The van der Waals surface area contributed by atoms with E-state index in [0.717, 1.165) is 25.7 Å². The molecule has 0 radical (unpaired) electrons. The molecule has 1 aromatic rings. The van der Waals surface area contributed by atoms with E-state index in [1.165, 1.54) is 6.42 Å². The molecule has 0 atom stereocenters. The largest absolute Gasteiger partial charge is 0.482 e. The van der Waals surface area contributed by atoms with Gasteiger partial charge in [0.1, 0.15) is 5.75 Å². The minimum Gasteiger partial charge on any atom is -0.482 e. The second-order valence-corrected chi connectivity index (χ2v) is 7.77. The van der Waals surface area contributed by atoms with Gasteiger partial charge in [0, 0.05) is 19.5 Å². The molecule has 1 saturated heterocycles. The molecular weight excluding hydrogens is 394 g/mol. The van der Waals surface area contributed by atoms with Crippen LogP contribution in [-0.2, 0) is 14.3 Å². The average Bonchev–Trinajstić information content (AvgIpc) is 2.74. The Hall–Kier alpha value is -1.83. The Balaban J connectivity index is 0.00000300. The van der Waals surface area contributed by atoms with E-state index in [-0.39, 0.29) is 36.2 Å². The monoisotopic (exact) mass is 425 g/mol. The molecule has 0 spiro atoms. The van der Waals surface area contributed by atoms with Crippen LogP contribution in [0.1, 0.15) is 38.5 Å². The summed E-state index contributed by atoms with van der Waals surface area (Å²) in [6.45, 7) is 2.76. The molecule has 3 N–H and O–H groups in total. The summed E-state index contributed by atoms with van der Waals surface area (Å²) in [5, 5.41) is 2.96. The van der Waals surface area contributed by atoms with Crippen molar-refractivity contribution in [2.45, 2.75) is 38.5 Å². The zero-order valence-corrected chi connectivity index (χ0v) is 17.7. The Morgan fingerprint density at radius 2 is 1.83 bits per heavy atom. The van der Waals surface area contributed by atoms with E-state index in [9.17, 15) is 9.59 Å². The van der Waals surface area contributed by atoms with Gasteiger partial charge in [-0.05, 0) is 36.9 Å². The van der Waals surface area contributed by atoms with Crippen LogP contribution in [0.4, 0.5) is 5.69 Å². The van der Waals surface area contributed by atoms with E-state index in [0.29, 0.717) is 50.7 Å². The number of hydrogen-bond acceptors (Lipinski definition) is 5. The van der Waals surface area contributed by atoms with Crippen LogP contribution >= 0.6 is 12.4 Å². The highest BCUT2D eigenvalue weighted by atomic mass is 35.5. The van der Waals surface area contributed by atoms with Crippen molar-refractivity contribution in [3.8, 4) is 5.75 Å². The molecule has 1 heterocycles. The maximum atomic E-state index is 12.7. The summed E-state index contributed by atoms with van der Waals surface area (Å²) in [6.07, 6.45) is 5.91. The summed E-state index contributed by atoms with van der Waals surface area (Å²) >= 11 is 0. The van der Waals surface area contributed by atoms with Crippen LogP contribution in [0.15, 0.2) is 24.3 Å². The topological polar surface area (TPSA) is 93.9 Å². The van der Waals surface area contributed by atoms with Crippen molar-refractivity contribution < 1.29 is 19.1 Å². The van der Waals surface area contributed by atoms with Gasteiger partial charge in [0.15, 0.2) is 6.61 Å². The third-order valence-corrected chi connectivity index (χ3v) is 5.76. The highest BCUT2D eigenvalue weighted by Crippen LogP contribution is 2.38. The van der Waals surface area contributed by atoms with Crippen molar-refractivity contribution in [2.75, 3.05) is 44.8 Å². The zero-order valence-electron chi connectivity index (χ0n) is 16.9. The van der Waals surface area contributed by atoms with Gasteiger partial charge in [-0.2, -0.15) is 0 Å². The van der Waals surface area contributed by atoms with Gasteiger partial charge in [-0.3, -0.25) is 9.59 Å². The van der Waals surface area contributed by atoms with Gasteiger partial charge in [0.25, 0.3) is 5.91 Å². The smallest absolute Gasteiger partial charge is 0.260 e. The number of rotatable bonds is 7. The Morgan fingerprint density at radius 3 is 2.52 bits per heavy atom. The number of nitrogens with zero attached hydrogens (tertiary/aromatic N) is 1. The molecule has 1 aliphatic heterocycles. The van der Waals surface area contributed by atoms with Gasteiger partial charge >= 0.3 is 0 Å². The quantitative estimate of drug-likeness (QED) is 0.700. The fourth-order valence-corrected chi connectivity index (χ4v) is 4.03. The molecule has 2 amide bonds. The summed E-state index contributed by atoms with van der Waals surface area (Å²) in [6, 6.07) is 7.22. The van der Waals surface area contributed by atoms with Gasteiger partial charge in [-0.1, -0.05) is 31.4 Å². The van der Waals surface area contributed by atoms with Crippen LogP contribution in [0, 0.1) is 5.41 Å². The van der Waals surface area contributed by atoms with Gasteiger partial charge in [0.2, 0.25) is 5.91 Å². The first-order valence-corrected chi connectivity index (χ1v) is 10.2. The number of ether oxygens (including phenoxy) is 2. The number of anilines is 1. The van der Waals surface area contributed by atoms with Gasteiger partial charge in [-0.25, -0.2) is 0 Å². The molecule has 2 aliphatic rings. The van der Waals surface area contributed by atoms with Crippen LogP contribution in [0.2, 0.25) is 0 Å². The lowest BCUT2D eigenvalue weighted by Gasteiger charge is -2.35. The number of halogens is 1. The van der Waals surface area contributed by atoms with Crippen molar-refractivity contribution in [3.63, 3.8) is 0 Å². The number of nitrogens with two attached hydrogens (primary N) is 1. The van der Waals surface area contributed by atoms with E-state index < -0.39 is 0 Å². The number of nitrogens with one attached hydrogen (secondary N) is 1. The van der Waals surface area contributed by atoms with Gasteiger partial charge in [0.05, 0.1) is 18.9 Å². The maximum absolute atomic E-state index is 12.7. The van der Waals surface area contributed by atoms with E-state index in [1.807, 2.05) is 12.1 Å². The molecule has 0 bridgehead atoms. The minimum atomic E-state index is -0.0928. The van der Waals surface area contributed by atoms with Gasteiger partial charge in [-0.15, -0.1) is 12.4 Å². The fourth-order valence-electron chi connectivity index (χ4n) is 4.03. The molecule has 1 aromatic carbocycles. The first kappa shape index (κ1) is 23.4. The molecule has 29 heavy (non-hydrogen) atoms. The fraction of sp³-hybridized carbons (Fsp3) is 0.619. The molecule has 1 aliphatic carbocycles. The first-order valence-electron chi connectivity index (χ1n) is 10.2. The van der Waals surface area contributed by atoms with E-state index in [1.54, 1.807) is 17.0 Å². The number of hydrogen-bond donors (Lipinski definition) is 2. The SMILES string of the molecule is Cl.NCC1(CC(=O)Nc2ccccc2OCC(=O)N2CCOCC2)CCCCC1. The van der Waals surface area contributed by atoms with E-state index in [2.05, 4.69) is 5.32 Å².